The summed E-state index contributed by atoms with van der Waals surface area (Å²) < 4.78 is 10.5. The van der Waals surface area contributed by atoms with Gasteiger partial charge in [-0.1, -0.05) is 27.7 Å². The first-order chi connectivity index (χ1) is 8.91. The van der Waals surface area contributed by atoms with Crippen molar-refractivity contribution in [3.63, 3.8) is 0 Å². The first-order valence-corrected chi connectivity index (χ1v) is 7.00. The average Bonchev–Trinajstić information content (AvgIpc) is 2.36. The highest BCUT2D eigenvalue weighted by Crippen LogP contribution is 2.13. The van der Waals surface area contributed by atoms with Crippen LogP contribution in [0.5, 0.6) is 0 Å². The fourth-order valence-corrected chi connectivity index (χ4v) is 2.03. The standard InChI is InChI=1S/C14H25NO4/c1-9(2)12(13(16)10(3)4)15-14(17)19-11-5-7-18-8-6-11/h9-12H,5-8H2,1-4H3,(H,15,17)/t12-/m0/s1. The van der Waals surface area contributed by atoms with Crippen molar-refractivity contribution in [3.05, 3.63) is 0 Å². The lowest BCUT2D eigenvalue weighted by molar-refractivity contribution is -0.125. The van der Waals surface area contributed by atoms with Crippen LogP contribution < -0.4 is 5.32 Å². The van der Waals surface area contributed by atoms with Gasteiger partial charge in [-0.15, -0.1) is 0 Å². The van der Waals surface area contributed by atoms with Gasteiger partial charge in [0.2, 0.25) is 0 Å². The maximum Gasteiger partial charge on any atom is 0.408 e. The summed E-state index contributed by atoms with van der Waals surface area (Å²) in [4.78, 5) is 23.8. The molecular weight excluding hydrogens is 246 g/mol. The molecule has 0 aromatic heterocycles. The number of alkyl carbamates (subject to hydrolysis) is 1. The van der Waals surface area contributed by atoms with Crippen LogP contribution in [0.15, 0.2) is 0 Å². The molecule has 110 valence electrons. The predicted molar refractivity (Wildman–Crippen MR) is 71.9 cm³/mol. The topological polar surface area (TPSA) is 64.6 Å². The minimum absolute atomic E-state index is 0.0407. The number of hydrogen-bond acceptors (Lipinski definition) is 4. The number of ether oxygens (including phenoxy) is 2. The van der Waals surface area contributed by atoms with E-state index in [2.05, 4.69) is 5.32 Å². The Morgan fingerprint density at radius 3 is 2.21 bits per heavy atom. The number of hydrogen-bond donors (Lipinski definition) is 1. The van der Waals surface area contributed by atoms with Crippen molar-refractivity contribution >= 4 is 11.9 Å². The molecule has 1 N–H and O–H groups in total. The molecule has 1 heterocycles. The van der Waals surface area contributed by atoms with E-state index in [0.717, 1.165) is 12.8 Å². The van der Waals surface area contributed by atoms with Crippen molar-refractivity contribution in [3.8, 4) is 0 Å². The number of ketones is 1. The minimum atomic E-state index is -0.500. The molecule has 0 aromatic carbocycles. The van der Waals surface area contributed by atoms with E-state index in [-0.39, 0.29) is 23.7 Å². The van der Waals surface area contributed by atoms with Crippen molar-refractivity contribution in [2.45, 2.75) is 52.7 Å². The lowest BCUT2D eigenvalue weighted by Crippen LogP contribution is -2.47. The summed E-state index contributed by atoms with van der Waals surface area (Å²) in [5.41, 5.74) is 0. The second-order valence-corrected chi connectivity index (χ2v) is 5.64. The monoisotopic (exact) mass is 271 g/mol. The van der Waals surface area contributed by atoms with Crippen molar-refractivity contribution < 1.29 is 19.1 Å². The van der Waals surface area contributed by atoms with Crippen molar-refractivity contribution in [1.29, 1.82) is 0 Å². The van der Waals surface area contributed by atoms with Gasteiger partial charge in [0.05, 0.1) is 19.3 Å². The molecular formula is C14H25NO4. The molecule has 0 bridgehead atoms. The van der Waals surface area contributed by atoms with Gasteiger partial charge in [-0.2, -0.15) is 0 Å². The van der Waals surface area contributed by atoms with Crippen LogP contribution in [0, 0.1) is 11.8 Å². The van der Waals surface area contributed by atoms with Gasteiger partial charge < -0.3 is 14.8 Å². The number of rotatable bonds is 5. The third kappa shape index (κ3) is 5.19. The van der Waals surface area contributed by atoms with Gasteiger partial charge in [0.1, 0.15) is 6.10 Å². The predicted octanol–water partition coefficient (Wildman–Crippen LogP) is 2.14. The second kappa shape index (κ2) is 7.48. The molecule has 0 aliphatic carbocycles. The van der Waals surface area contributed by atoms with E-state index in [1.807, 2.05) is 27.7 Å². The fraction of sp³-hybridized carbons (Fsp3) is 0.857. The van der Waals surface area contributed by atoms with Crippen LogP contribution in [-0.2, 0) is 14.3 Å². The summed E-state index contributed by atoms with van der Waals surface area (Å²) in [5, 5.41) is 2.69. The zero-order valence-corrected chi connectivity index (χ0v) is 12.3. The molecule has 1 fully saturated rings. The molecule has 1 aliphatic heterocycles. The zero-order valence-electron chi connectivity index (χ0n) is 12.3. The third-order valence-electron chi connectivity index (χ3n) is 3.26. The molecule has 0 unspecified atom stereocenters. The summed E-state index contributed by atoms with van der Waals surface area (Å²) in [7, 11) is 0. The van der Waals surface area contributed by atoms with Gasteiger partial charge in [0.15, 0.2) is 5.78 Å². The van der Waals surface area contributed by atoms with E-state index in [1.54, 1.807) is 0 Å². The van der Waals surface area contributed by atoms with E-state index in [4.69, 9.17) is 9.47 Å². The second-order valence-electron chi connectivity index (χ2n) is 5.64. The van der Waals surface area contributed by atoms with E-state index in [0.29, 0.717) is 13.2 Å². The maximum atomic E-state index is 12.0. The van der Waals surface area contributed by atoms with Crippen LogP contribution in [0.3, 0.4) is 0 Å². The Bertz CT molecular complexity index is 309. The lowest BCUT2D eigenvalue weighted by Gasteiger charge is -2.26. The number of carbonyl (C=O) groups excluding carboxylic acids is 2. The lowest BCUT2D eigenvalue weighted by atomic mass is 9.93. The van der Waals surface area contributed by atoms with Gasteiger partial charge in [-0.05, 0) is 5.92 Å². The molecule has 1 amide bonds. The molecule has 0 radical (unpaired) electrons. The Kier molecular flexibility index (Phi) is 6.28. The normalized spacial score (nSPS) is 18.4. The van der Waals surface area contributed by atoms with E-state index >= 15 is 0 Å². The number of amides is 1. The zero-order chi connectivity index (χ0) is 14.4. The van der Waals surface area contributed by atoms with Gasteiger partial charge in [-0.3, -0.25) is 4.79 Å². The molecule has 1 saturated heterocycles. The third-order valence-corrected chi connectivity index (χ3v) is 3.26. The van der Waals surface area contributed by atoms with Crippen LogP contribution in [0.4, 0.5) is 4.79 Å². The number of nitrogens with one attached hydrogen (secondary N) is 1. The van der Waals surface area contributed by atoms with E-state index in [1.165, 1.54) is 0 Å². The smallest absolute Gasteiger partial charge is 0.408 e. The highest BCUT2D eigenvalue weighted by Gasteiger charge is 2.27. The Hall–Kier alpha value is -1.10. The largest absolute Gasteiger partial charge is 0.446 e. The molecule has 1 atom stereocenters. The summed E-state index contributed by atoms with van der Waals surface area (Å²) in [5.74, 6) is -0.00755. The van der Waals surface area contributed by atoms with Crippen LogP contribution in [-0.4, -0.2) is 37.2 Å². The Morgan fingerprint density at radius 1 is 1.16 bits per heavy atom. The number of carbonyl (C=O) groups is 2. The summed E-state index contributed by atoms with van der Waals surface area (Å²) >= 11 is 0. The molecule has 1 rings (SSSR count). The van der Waals surface area contributed by atoms with Gasteiger partial charge in [0.25, 0.3) is 0 Å². The van der Waals surface area contributed by atoms with Crippen LogP contribution in [0.25, 0.3) is 0 Å². The first kappa shape index (κ1) is 16.0. The molecule has 0 aromatic rings. The maximum absolute atomic E-state index is 12.0. The minimum Gasteiger partial charge on any atom is -0.446 e. The average molecular weight is 271 g/mol. The molecule has 19 heavy (non-hydrogen) atoms. The molecule has 0 saturated carbocycles. The number of Topliss-reactive ketones (excluding diaryl/α,β-unsaturated/α-hetero) is 1. The highest BCUT2D eigenvalue weighted by atomic mass is 16.6. The van der Waals surface area contributed by atoms with Gasteiger partial charge >= 0.3 is 6.09 Å². The summed E-state index contributed by atoms with van der Waals surface area (Å²) in [6, 6.07) is -0.479. The molecule has 5 nitrogen and oxygen atoms in total. The summed E-state index contributed by atoms with van der Waals surface area (Å²) in [6.07, 6.45) is 0.839. The SMILES string of the molecule is CC(C)C(=O)[C@@H](NC(=O)OC1CCOCC1)C(C)C. The van der Waals surface area contributed by atoms with E-state index < -0.39 is 12.1 Å². The van der Waals surface area contributed by atoms with Crippen molar-refractivity contribution in [2.75, 3.05) is 13.2 Å². The van der Waals surface area contributed by atoms with Gasteiger partial charge in [-0.25, -0.2) is 4.79 Å². The Balaban J connectivity index is 2.49. The van der Waals surface area contributed by atoms with Crippen LogP contribution in [0.1, 0.15) is 40.5 Å². The highest BCUT2D eigenvalue weighted by molar-refractivity contribution is 5.89. The molecule has 1 aliphatic rings. The van der Waals surface area contributed by atoms with E-state index in [9.17, 15) is 9.59 Å². The molecule has 5 heteroatoms. The Labute approximate surface area is 115 Å². The quantitative estimate of drug-likeness (QED) is 0.832. The van der Waals surface area contributed by atoms with Crippen molar-refractivity contribution in [1.82, 2.24) is 5.32 Å². The van der Waals surface area contributed by atoms with Gasteiger partial charge in [0, 0.05) is 18.8 Å². The first-order valence-electron chi connectivity index (χ1n) is 7.00. The van der Waals surface area contributed by atoms with Crippen LogP contribution >= 0.6 is 0 Å². The van der Waals surface area contributed by atoms with Crippen LogP contribution in [0.2, 0.25) is 0 Å². The van der Waals surface area contributed by atoms with Crippen molar-refractivity contribution in [2.24, 2.45) is 11.8 Å². The summed E-state index contributed by atoms with van der Waals surface area (Å²) in [6.45, 7) is 8.75. The Morgan fingerprint density at radius 2 is 1.74 bits per heavy atom. The fourth-order valence-electron chi connectivity index (χ4n) is 2.03. The molecule has 0 spiro atoms.